The average Bonchev–Trinajstić information content (AvgIpc) is 3.27. The zero-order valence-corrected chi connectivity index (χ0v) is 18.0. The number of hydrogen-bond acceptors (Lipinski definition) is 4. The van der Waals surface area contributed by atoms with Crippen molar-refractivity contribution in [3.8, 4) is 5.75 Å². The fourth-order valence-electron chi connectivity index (χ4n) is 5.33. The summed E-state index contributed by atoms with van der Waals surface area (Å²) in [6, 6.07) is 12.4. The van der Waals surface area contributed by atoms with Gasteiger partial charge in [0.2, 0.25) is 5.43 Å². The number of fused-ring (bicyclic) bond motifs is 2. The highest BCUT2D eigenvalue weighted by Crippen LogP contribution is 2.47. The van der Waals surface area contributed by atoms with Gasteiger partial charge in [0.25, 0.3) is 5.91 Å². The van der Waals surface area contributed by atoms with Gasteiger partial charge in [-0.15, -0.1) is 0 Å². The first-order valence-electron chi connectivity index (χ1n) is 10.8. The molecule has 0 unspecified atom stereocenters. The van der Waals surface area contributed by atoms with Gasteiger partial charge in [-0.05, 0) is 48.9 Å². The summed E-state index contributed by atoms with van der Waals surface area (Å²) in [4.78, 5) is 27.0. The van der Waals surface area contributed by atoms with E-state index in [0.717, 1.165) is 30.2 Å². The van der Waals surface area contributed by atoms with Gasteiger partial charge in [-0.2, -0.15) is 5.10 Å². The Hall–Kier alpha value is -3.48. The molecule has 3 heterocycles. The molecular formula is C25H24FN3O3. The second-order valence-corrected chi connectivity index (χ2v) is 8.66. The highest BCUT2D eigenvalue weighted by atomic mass is 19.1. The number of carbonyl (C=O) groups is 1. The van der Waals surface area contributed by atoms with Crippen LogP contribution in [0.5, 0.6) is 5.75 Å². The Balaban J connectivity index is 1.83. The molecule has 1 aromatic heterocycles. The maximum atomic E-state index is 15.6. The van der Waals surface area contributed by atoms with Gasteiger partial charge in [-0.25, -0.2) is 4.39 Å². The number of aromatic hydroxyl groups is 1. The number of carbonyl (C=O) groups excluding carboxylic acids is 1. The van der Waals surface area contributed by atoms with Crippen molar-refractivity contribution in [3.63, 3.8) is 0 Å². The summed E-state index contributed by atoms with van der Waals surface area (Å²) in [6.45, 7) is 4.24. The minimum Gasteiger partial charge on any atom is -0.502 e. The monoisotopic (exact) mass is 433 g/mol. The highest BCUT2D eigenvalue weighted by molar-refractivity contribution is 5.96. The Bertz CT molecular complexity index is 1290. The molecule has 0 bridgehead atoms. The summed E-state index contributed by atoms with van der Waals surface area (Å²) in [5, 5.41) is 14.8. The van der Waals surface area contributed by atoms with Crippen LogP contribution in [-0.4, -0.2) is 38.3 Å². The molecule has 1 amide bonds. The molecule has 0 saturated carbocycles. The predicted molar refractivity (Wildman–Crippen MR) is 117 cm³/mol. The van der Waals surface area contributed by atoms with Crippen LogP contribution >= 0.6 is 0 Å². The minimum absolute atomic E-state index is 0.118. The van der Waals surface area contributed by atoms with Crippen LogP contribution in [0.3, 0.4) is 0 Å². The third-order valence-corrected chi connectivity index (χ3v) is 6.85. The summed E-state index contributed by atoms with van der Waals surface area (Å²) in [5.41, 5.74) is 2.15. The summed E-state index contributed by atoms with van der Waals surface area (Å²) >= 11 is 0. The zero-order chi connectivity index (χ0) is 22.6. The summed E-state index contributed by atoms with van der Waals surface area (Å²) in [7, 11) is 0. The van der Waals surface area contributed by atoms with Crippen molar-refractivity contribution >= 4 is 5.91 Å². The number of nitrogens with zero attached hydrogens (tertiary/aromatic N) is 3. The maximum absolute atomic E-state index is 15.6. The van der Waals surface area contributed by atoms with Gasteiger partial charge in [-0.1, -0.05) is 42.5 Å². The molecule has 32 heavy (non-hydrogen) atoms. The molecule has 3 aromatic rings. The van der Waals surface area contributed by atoms with Gasteiger partial charge in [0, 0.05) is 12.5 Å². The van der Waals surface area contributed by atoms with E-state index in [2.05, 4.69) is 5.10 Å². The van der Waals surface area contributed by atoms with Crippen LogP contribution in [0.4, 0.5) is 4.39 Å². The van der Waals surface area contributed by atoms with E-state index < -0.39 is 29.0 Å². The first-order valence-corrected chi connectivity index (χ1v) is 10.8. The van der Waals surface area contributed by atoms with Gasteiger partial charge in [-0.3, -0.25) is 14.3 Å². The van der Waals surface area contributed by atoms with Crippen LogP contribution in [-0.2, 0) is 0 Å². The third kappa shape index (κ3) is 2.95. The quantitative estimate of drug-likeness (QED) is 0.684. The van der Waals surface area contributed by atoms with Crippen LogP contribution in [0.1, 0.15) is 57.5 Å². The SMILES string of the molecule is Cc1ccccc1[C@H](c1cccc(C)c1F)[C@H]1[C@H]2CCCN2C(=O)c2c(O)c(=O)cnn21. The lowest BCUT2D eigenvalue weighted by Crippen LogP contribution is -2.51. The summed E-state index contributed by atoms with van der Waals surface area (Å²) < 4.78 is 17.0. The van der Waals surface area contributed by atoms with E-state index >= 15 is 4.39 Å². The van der Waals surface area contributed by atoms with Crippen molar-refractivity contribution < 1.29 is 14.3 Å². The lowest BCUT2D eigenvalue weighted by atomic mass is 9.78. The molecule has 1 saturated heterocycles. The molecule has 5 rings (SSSR count). The number of hydrogen-bond donors (Lipinski definition) is 1. The molecule has 0 aliphatic carbocycles. The summed E-state index contributed by atoms with van der Waals surface area (Å²) in [6.07, 6.45) is 2.56. The molecule has 7 heteroatoms. The largest absolute Gasteiger partial charge is 0.502 e. The predicted octanol–water partition coefficient (Wildman–Crippen LogP) is 3.70. The van der Waals surface area contributed by atoms with Gasteiger partial charge in [0.05, 0.1) is 18.3 Å². The molecule has 1 N–H and O–H groups in total. The lowest BCUT2D eigenvalue weighted by Gasteiger charge is -2.43. The normalized spacial score (nSPS) is 20.7. The van der Waals surface area contributed by atoms with Crippen LogP contribution in [0.2, 0.25) is 0 Å². The van der Waals surface area contributed by atoms with Crippen molar-refractivity contribution in [1.29, 1.82) is 0 Å². The fourth-order valence-corrected chi connectivity index (χ4v) is 5.33. The molecule has 3 atom stereocenters. The molecule has 0 radical (unpaired) electrons. The van der Waals surface area contributed by atoms with Crippen molar-refractivity contribution in [2.45, 2.75) is 44.7 Å². The molecule has 2 aromatic carbocycles. The number of aromatic nitrogens is 2. The van der Waals surface area contributed by atoms with Gasteiger partial charge < -0.3 is 10.0 Å². The highest BCUT2D eigenvalue weighted by Gasteiger charge is 2.48. The molecule has 2 aliphatic heterocycles. The summed E-state index contributed by atoms with van der Waals surface area (Å²) in [5.74, 6) is -1.77. The van der Waals surface area contributed by atoms with Crippen molar-refractivity contribution in [2.75, 3.05) is 6.54 Å². The Morgan fingerprint density at radius 3 is 2.56 bits per heavy atom. The molecule has 6 nitrogen and oxygen atoms in total. The lowest BCUT2D eigenvalue weighted by molar-refractivity contribution is 0.0564. The first-order chi connectivity index (χ1) is 15.4. The Morgan fingerprint density at radius 2 is 1.78 bits per heavy atom. The number of benzene rings is 2. The van der Waals surface area contributed by atoms with E-state index in [9.17, 15) is 14.7 Å². The Morgan fingerprint density at radius 1 is 1.06 bits per heavy atom. The van der Waals surface area contributed by atoms with Gasteiger partial charge >= 0.3 is 0 Å². The van der Waals surface area contributed by atoms with Gasteiger partial charge in [0.15, 0.2) is 11.4 Å². The van der Waals surface area contributed by atoms with E-state index in [1.54, 1.807) is 24.0 Å². The second-order valence-electron chi connectivity index (χ2n) is 8.66. The topological polar surface area (TPSA) is 75.4 Å². The van der Waals surface area contributed by atoms with Crippen LogP contribution in [0, 0.1) is 19.7 Å². The smallest absolute Gasteiger partial charge is 0.276 e. The molecule has 2 aliphatic rings. The zero-order valence-electron chi connectivity index (χ0n) is 18.0. The van der Waals surface area contributed by atoms with Crippen molar-refractivity contribution in [1.82, 2.24) is 14.7 Å². The number of amides is 1. The van der Waals surface area contributed by atoms with Crippen molar-refractivity contribution in [2.24, 2.45) is 0 Å². The molecule has 0 spiro atoms. The van der Waals surface area contributed by atoms with E-state index in [1.165, 1.54) is 4.68 Å². The van der Waals surface area contributed by atoms with Crippen LogP contribution in [0.25, 0.3) is 0 Å². The van der Waals surface area contributed by atoms with Crippen LogP contribution < -0.4 is 5.43 Å². The van der Waals surface area contributed by atoms with E-state index in [0.29, 0.717) is 17.7 Å². The Kier molecular flexibility index (Phi) is 4.84. The fraction of sp³-hybridized carbons (Fsp3) is 0.320. The number of halogens is 1. The number of rotatable bonds is 3. The molecule has 1 fully saturated rings. The molecular weight excluding hydrogens is 409 g/mol. The Labute approximate surface area is 184 Å². The molecule has 164 valence electrons. The standard InChI is InChI=1S/C25H24FN3O3/c1-14-7-3-4-9-16(14)20(17-10-5-8-15(2)21(17)26)22-18-11-6-12-28(18)25(32)23-24(31)19(30)13-27-29(22)23/h3-5,7-10,13,18,20,22,31H,6,11-12H2,1-2H3/t18-,20-,22-/m1/s1. The second kappa shape index (κ2) is 7.58. The van der Waals surface area contributed by atoms with Crippen molar-refractivity contribution in [3.05, 3.63) is 92.6 Å². The van der Waals surface area contributed by atoms with Crippen LogP contribution in [0.15, 0.2) is 53.5 Å². The third-order valence-electron chi connectivity index (χ3n) is 6.85. The first kappa shape index (κ1) is 20.4. The average molecular weight is 433 g/mol. The minimum atomic E-state index is -0.699. The van der Waals surface area contributed by atoms with E-state index in [-0.39, 0.29) is 17.6 Å². The van der Waals surface area contributed by atoms with Gasteiger partial charge in [0.1, 0.15) is 5.82 Å². The van der Waals surface area contributed by atoms with E-state index in [1.807, 2.05) is 37.3 Å². The van der Waals surface area contributed by atoms with E-state index in [4.69, 9.17) is 0 Å². The number of aryl methyl sites for hydroxylation is 2. The maximum Gasteiger partial charge on any atom is 0.276 e.